The van der Waals surface area contributed by atoms with E-state index in [4.69, 9.17) is 23.2 Å². The van der Waals surface area contributed by atoms with Crippen molar-refractivity contribution in [2.45, 2.75) is 26.3 Å². The van der Waals surface area contributed by atoms with Crippen LogP contribution in [0.2, 0.25) is 10.0 Å². The van der Waals surface area contributed by atoms with E-state index >= 15 is 0 Å². The summed E-state index contributed by atoms with van der Waals surface area (Å²) in [4.78, 5) is 20.4. The monoisotopic (exact) mass is 338 g/mol. The van der Waals surface area contributed by atoms with Crippen LogP contribution in [0.4, 0.5) is 11.5 Å². The van der Waals surface area contributed by atoms with Crippen molar-refractivity contribution in [3.05, 3.63) is 46.3 Å². The van der Waals surface area contributed by atoms with Gasteiger partial charge in [0.25, 0.3) is 5.91 Å². The fourth-order valence-electron chi connectivity index (χ4n) is 1.66. The Morgan fingerprint density at radius 3 is 2.68 bits per heavy atom. The molecule has 1 amide bonds. The highest BCUT2D eigenvalue weighted by molar-refractivity contribution is 6.44. The van der Waals surface area contributed by atoms with Gasteiger partial charge in [0.05, 0.1) is 28.1 Å². The highest BCUT2D eigenvalue weighted by Gasteiger charge is 2.12. The van der Waals surface area contributed by atoms with E-state index in [1.807, 2.05) is 6.92 Å². The molecule has 0 aliphatic carbocycles. The molecule has 1 atom stereocenters. The van der Waals surface area contributed by atoms with Gasteiger partial charge in [0, 0.05) is 6.04 Å². The molecule has 0 aliphatic heterocycles. The smallest absolute Gasteiger partial charge is 0.275 e. The van der Waals surface area contributed by atoms with Gasteiger partial charge in [-0.25, -0.2) is 9.97 Å². The number of amides is 1. The molecule has 0 radical (unpaired) electrons. The molecule has 0 fully saturated rings. The minimum absolute atomic E-state index is 0.200. The molecule has 2 rings (SSSR count). The maximum atomic E-state index is 12.1. The normalized spacial score (nSPS) is 11.8. The quantitative estimate of drug-likeness (QED) is 0.855. The van der Waals surface area contributed by atoms with Crippen molar-refractivity contribution >= 4 is 40.6 Å². The van der Waals surface area contributed by atoms with Crippen LogP contribution in [0.15, 0.2) is 30.6 Å². The summed E-state index contributed by atoms with van der Waals surface area (Å²) in [6, 6.07) is 5.31. The highest BCUT2D eigenvalue weighted by atomic mass is 35.5. The van der Waals surface area contributed by atoms with Crippen LogP contribution >= 0.6 is 23.2 Å². The van der Waals surface area contributed by atoms with Crippen molar-refractivity contribution in [3.63, 3.8) is 0 Å². The third-order valence-electron chi connectivity index (χ3n) is 3.09. The molecule has 1 aromatic carbocycles. The van der Waals surface area contributed by atoms with Crippen molar-refractivity contribution in [2.75, 3.05) is 10.6 Å². The average molecular weight is 339 g/mol. The molecule has 22 heavy (non-hydrogen) atoms. The SMILES string of the molecule is CCC(C)Nc1cnc(C(=O)Nc2cccc(Cl)c2Cl)cn1. The summed E-state index contributed by atoms with van der Waals surface area (Å²) in [7, 11) is 0. The average Bonchev–Trinajstić information content (AvgIpc) is 2.52. The van der Waals surface area contributed by atoms with E-state index in [1.165, 1.54) is 12.4 Å². The van der Waals surface area contributed by atoms with Crippen LogP contribution in [0, 0.1) is 0 Å². The Morgan fingerprint density at radius 1 is 1.27 bits per heavy atom. The van der Waals surface area contributed by atoms with Crippen LogP contribution in [0.25, 0.3) is 0 Å². The van der Waals surface area contributed by atoms with Crippen LogP contribution in [0.3, 0.4) is 0 Å². The fraction of sp³-hybridized carbons (Fsp3) is 0.267. The Morgan fingerprint density at radius 2 is 2.05 bits per heavy atom. The molecule has 1 heterocycles. The maximum Gasteiger partial charge on any atom is 0.275 e. The molecule has 1 unspecified atom stereocenters. The zero-order chi connectivity index (χ0) is 16.1. The number of nitrogens with one attached hydrogen (secondary N) is 2. The van der Waals surface area contributed by atoms with Gasteiger partial charge in [-0.15, -0.1) is 0 Å². The zero-order valence-electron chi connectivity index (χ0n) is 12.2. The molecular formula is C15H16Cl2N4O. The first-order chi connectivity index (χ1) is 10.5. The lowest BCUT2D eigenvalue weighted by Crippen LogP contribution is -2.17. The summed E-state index contributed by atoms with van der Waals surface area (Å²) in [6.07, 6.45) is 3.91. The van der Waals surface area contributed by atoms with Crippen molar-refractivity contribution in [3.8, 4) is 0 Å². The second-order valence-corrected chi connectivity index (χ2v) is 5.58. The molecular weight excluding hydrogens is 323 g/mol. The van der Waals surface area contributed by atoms with Crippen LogP contribution in [0.5, 0.6) is 0 Å². The Kier molecular flexibility index (Phi) is 5.57. The number of benzene rings is 1. The summed E-state index contributed by atoms with van der Waals surface area (Å²) in [5.41, 5.74) is 0.633. The van der Waals surface area contributed by atoms with Crippen molar-refractivity contribution in [1.82, 2.24) is 9.97 Å². The summed E-state index contributed by atoms with van der Waals surface area (Å²) >= 11 is 11.9. The lowest BCUT2D eigenvalue weighted by atomic mass is 10.2. The van der Waals surface area contributed by atoms with Crippen LogP contribution < -0.4 is 10.6 Å². The number of carbonyl (C=O) groups excluding carboxylic acids is 1. The summed E-state index contributed by atoms with van der Waals surface area (Å²) in [5.74, 6) is 0.235. The van der Waals surface area contributed by atoms with E-state index in [-0.39, 0.29) is 5.69 Å². The van der Waals surface area contributed by atoms with Gasteiger partial charge in [0.2, 0.25) is 0 Å². The highest BCUT2D eigenvalue weighted by Crippen LogP contribution is 2.29. The molecule has 5 nitrogen and oxygen atoms in total. The Labute approximate surface area is 139 Å². The molecule has 0 saturated carbocycles. The first-order valence-corrected chi connectivity index (χ1v) is 7.60. The van der Waals surface area contributed by atoms with Gasteiger partial charge in [0.1, 0.15) is 11.5 Å². The molecule has 0 bridgehead atoms. The van der Waals surface area contributed by atoms with E-state index in [0.717, 1.165) is 6.42 Å². The van der Waals surface area contributed by atoms with E-state index < -0.39 is 5.91 Å². The standard InChI is InChI=1S/C15H16Cl2N4O/c1-3-9(2)20-13-8-18-12(7-19-13)15(22)21-11-6-4-5-10(16)14(11)17/h4-9H,3H2,1-2H3,(H,19,20)(H,21,22). The fourth-order valence-corrected chi connectivity index (χ4v) is 2.01. The van der Waals surface area contributed by atoms with Crippen molar-refractivity contribution < 1.29 is 4.79 Å². The molecule has 7 heteroatoms. The second-order valence-electron chi connectivity index (χ2n) is 4.80. The van der Waals surface area contributed by atoms with Crippen LogP contribution in [-0.4, -0.2) is 21.9 Å². The summed E-state index contributed by atoms with van der Waals surface area (Å²) < 4.78 is 0. The Balaban J connectivity index is 2.08. The van der Waals surface area contributed by atoms with Crippen molar-refractivity contribution in [2.24, 2.45) is 0 Å². The molecule has 0 aliphatic rings. The summed E-state index contributed by atoms with van der Waals surface area (Å²) in [5, 5.41) is 6.51. The van der Waals surface area contributed by atoms with E-state index in [9.17, 15) is 4.79 Å². The Hall–Kier alpha value is -1.85. The zero-order valence-corrected chi connectivity index (χ0v) is 13.7. The van der Waals surface area contributed by atoms with Crippen molar-refractivity contribution in [1.29, 1.82) is 0 Å². The molecule has 116 valence electrons. The molecule has 2 N–H and O–H groups in total. The van der Waals surface area contributed by atoms with Crippen LogP contribution in [-0.2, 0) is 0 Å². The molecule has 1 aromatic heterocycles. The lowest BCUT2D eigenvalue weighted by Gasteiger charge is -2.12. The van der Waals surface area contributed by atoms with Gasteiger partial charge < -0.3 is 10.6 Å². The van der Waals surface area contributed by atoms with E-state index in [1.54, 1.807) is 18.2 Å². The van der Waals surface area contributed by atoms with Crippen LogP contribution in [0.1, 0.15) is 30.8 Å². The molecule has 0 spiro atoms. The number of anilines is 2. The van der Waals surface area contributed by atoms with Gasteiger partial charge in [0.15, 0.2) is 0 Å². The number of rotatable bonds is 5. The van der Waals surface area contributed by atoms with E-state index in [2.05, 4.69) is 27.5 Å². The Bertz CT molecular complexity index is 661. The topological polar surface area (TPSA) is 66.9 Å². The number of nitrogens with zero attached hydrogens (tertiary/aromatic N) is 2. The molecule has 2 aromatic rings. The van der Waals surface area contributed by atoms with Gasteiger partial charge in [-0.05, 0) is 25.5 Å². The number of carbonyl (C=O) groups is 1. The lowest BCUT2D eigenvalue weighted by molar-refractivity contribution is 0.102. The molecule has 0 saturated heterocycles. The minimum atomic E-state index is -0.397. The van der Waals surface area contributed by atoms with E-state index in [0.29, 0.717) is 27.6 Å². The van der Waals surface area contributed by atoms with Gasteiger partial charge in [-0.3, -0.25) is 4.79 Å². The maximum absolute atomic E-state index is 12.1. The first kappa shape index (κ1) is 16.5. The number of halogens is 2. The third kappa shape index (κ3) is 4.08. The largest absolute Gasteiger partial charge is 0.366 e. The number of hydrogen-bond acceptors (Lipinski definition) is 4. The predicted molar refractivity (Wildman–Crippen MR) is 89.8 cm³/mol. The number of hydrogen-bond donors (Lipinski definition) is 2. The third-order valence-corrected chi connectivity index (χ3v) is 3.91. The predicted octanol–water partition coefficient (Wildman–Crippen LogP) is 4.25. The van der Waals surface area contributed by atoms with Gasteiger partial charge in [-0.1, -0.05) is 36.2 Å². The minimum Gasteiger partial charge on any atom is -0.366 e. The number of aromatic nitrogens is 2. The second kappa shape index (κ2) is 7.42. The van der Waals surface area contributed by atoms with Gasteiger partial charge >= 0.3 is 0 Å². The first-order valence-electron chi connectivity index (χ1n) is 6.85. The van der Waals surface area contributed by atoms with Gasteiger partial charge in [-0.2, -0.15) is 0 Å². The summed E-state index contributed by atoms with van der Waals surface area (Å²) in [6.45, 7) is 4.12.